The molecule has 0 spiro atoms. The SMILES string of the molecule is CC(Cl)CC(Cl)C=Nc1ccccc1. The van der Waals surface area contributed by atoms with Crippen molar-refractivity contribution in [2.24, 2.45) is 4.99 Å². The zero-order chi connectivity index (χ0) is 10.4. The topological polar surface area (TPSA) is 12.4 Å². The molecule has 0 heterocycles. The third kappa shape index (κ3) is 4.64. The van der Waals surface area contributed by atoms with Crippen molar-refractivity contribution >= 4 is 35.1 Å². The lowest BCUT2D eigenvalue weighted by molar-refractivity contribution is 0.857. The van der Waals surface area contributed by atoms with Crippen LogP contribution in [0.5, 0.6) is 0 Å². The summed E-state index contributed by atoms with van der Waals surface area (Å²) in [6.45, 7) is 1.92. The van der Waals surface area contributed by atoms with E-state index in [0.29, 0.717) is 0 Å². The Morgan fingerprint density at radius 2 is 1.93 bits per heavy atom. The van der Waals surface area contributed by atoms with Crippen LogP contribution < -0.4 is 0 Å². The Labute approximate surface area is 94.8 Å². The first-order valence-corrected chi connectivity index (χ1v) is 5.43. The van der Waals surface area contributed by atoms with Crippen LogP contribution in [0.3, 0.4) is 0 Å². The molecule has 0 aliphatic carbocycles. The first kappa shape index (κ1) is 11.5. The van der Waals surface area contributed by atoms with Crippen molar-refractivity contribution in [2.45, 2.75) is 24.1 Å². The highest BCUT2D eigenvalue weighted by Crippen LogP contribution is 2.12. The Bertz CT molecular complexity index is 283. The second-order valence-electron chi connectivity index (χ2n) is 3.15. The maximum Gasteiger partial charge on any atom is 0.0702 e. The van der Waals surface area contributed by atoms with E-state index in [9.17, 15) is 0 Å². The number of nitrogens with zero attached hydrogens (tertiary/aromatic N) is 1. The fourth-order valence-electron chi connectivity index (χ4n) is 1.05. The third-order valence-corrected chi connectivity index (χ3v) is 2.16. The van der Waals surface area contributed by atoms with Gasteiger partial charge in [0, 0.05) is 11.6 Å². The summed E-state index contributed by atoms with van der Waals surface area (Å²) >= 11 is 11.8. The highest BCUT2D eigenvalue weighted by molar-refractivity contribution is 6.29. The molecule has 1 rings (SSSR count). The summed E-state index contributed by atoms with van der Waals surface area (Å²) in [6, 6.07) is 9.71. The number of halogens is 2. The van der Waals surface area contributed by atoms with E-state index in [4.69, 9.17) is 23.2 Å². The van der Waals surface area contributed by atoms with E-state index in [1.165, 1.54) is 0 Å². The minimum atomic E-state index is -0.0947. The lowest BCUT2D eigenvalue weighted by atomic mass is 10.2. The summed E-state index contributed by atoms with van der Waals surface area (Å²) in [5.41, 5.74) is 0.917. The van der Waals surface area contributed by atoms with Crippen molar-refractivity contribution in [1.82, 2.24) is 0 Å². The zero-order valence-electron chi connectivity index (χ0n) is 8.03. The van der Waals surface area contributed by atoms with Gasteiger partial charge in [0.25, 0.3) is 0 Å². The number of aliphatic imine (C=N–C) groups is 1. The average molecular weight is 230 g/mol. The Kier molecular flexibility index (Phi) is 4.99. The summed E-state index contributed by atoms with van der Waals surface area (Å²) in [4.78, 5) is 4.24. The minimum Gasteiger partial charge on any atom is -0.260 e. The first-order valence-electron chi connectivity index (χ1n) is 4.56. The highest BCUT2D eigenvalue weighted by Gasteiger charge is 2.04. The summed E-state index contributed by atoms with van der Waals surface area (Å²) in [6.07, 6.45) is 2.47. The maximum atomic E-state index is 5.99. The molecular formula is C11H13Cl2N. The van der Waals surface area contributed by atoms with E-state index < -0.39 is 0 Å². The van der Waals surface area contributed by atoms with Crippen molar-refractivity contribution in [2.75, 3.05) is 0 Å². The Morgan fingerprint density at radius 3 is 2.50 bits per heavy atom. The van der Waals surface area contributed by atoms with Gasteiger partial charge in [0.2, 0.25) is 0 Å². The van der Waals surface area contributed by atoms with Crippen LogP contribution in [0.2, 0.25) is 0 Å². The number of hydrogen-bond donors (Lipinski definition) is 0. The van der Waals surface area contributed by atoms with Gasteiger partial charge in [-0.25, -0.2) is 0 Å². The monoisotopic (exact) mass is 229 g/mol. The molecule has 0 aromatic heterocycles. The van der Waals surface area contributed by atoms with Crippen molar-refractivity contribution in [1.29, 1.82) is 0 Å². The Balaban J connectivity index is 2.48. The standard InChI is InChI=1S/C11H13Cl2N/c1-9(12)7-10(13)8-14-11-5-3-2-4-6-11/h2-6,8-10H,7H2,1H3. The molecule has 0 saturated carbocycles. The number of rotatable bonds is 4. The van der Waals surface area contributed by atoms with Gasteiger partial charge in [-0.15, -0.1) is 23.2 Å². The second-order valence-corrected chi connectivity index (χ2v) is 4.45. The van der Waals surface area contributed by atoms with Gasteiger partial charge in [0.15, 0.2) is 0 Å². The zero-order valence-corrected chi connectivity index (χ0v) is 9.54. The van der Waals surface area contributed by atoms with Crippen LogP contribution in [0.25, 0.3) is 0 Å². The predicted octanol–water partition coefficient (Wildman–Crippen LogP) is 4.01. The third-order valence-electron chi connectivity index (χ3n) is 1.69. The minimum absolute atomic E-state index is 0.0831. The van der Waals surface area contributed by atoms with Crippen LogP contribution >= 0.6 is 23.2 Å². The molecule has 1 aromatic rings. The van der Waals surface area contributed by atoms with Crippen LogP contribution in [0.1, 0.15) is 13.3 Å². The molecule has 14 heavy (non-hydrogen) atoms. The van der Waals surface area contributed by atoms with Gasteiger partial charge in [-0.05, 0) is 25.5 Å². The fourth-order valence-corrected chi connectivity index (χ4v) is 1.66. The average Bonchev–Trinajstić information content (AvgIpc) is 2.15. The van der Waals surface area contributed by atoms with E-state index in [0.717, 1.165) is 12.1 Å². The molecule has 2 unspecified atom stereocenters. The molecule has 1 nitrogen and oxygen atoms in total. The number of hydrogen-bond acceptors (Lipinski definition) is 1. The fraction of sp³-hybridized carbons (Fsp3) is 0.364. The van der Waals surface area contributed by atoms with Crippen LogP contribution in [-0.4, -0.2) is 17.0 Å². The highest BCUT2D eigenvalue weighted by atomic mass is 35.5. The maximum absolute atomic E-state index is 5.99. The number of para-hydroxylation sites is 1. The smallest absolute Gasteiger partial charge is 0.0702 e. The Morgan fingerprint density at radius 1 is 1.29 bits per heavy atom. The first-order chi connectivity index (χ1) is 6.68. The summed E-state index contributed by atoms with van der Waals surface area (Å²) in [7, 11) is 0. The molecule has 3 heteroatoms. The van der Waals surface area contributed by atoms with Crippen LogP contribution in [-0.2, 0) is 0 Å². The summed E-state index contributed by atoms with van der Waals surface area (Å²) < 4.78 is 0. The lowest BCUT2D eigenvalue weighted by Gasteiger charge is -2.04. The molecule has 0 aliphatic rings. The molecule has 0 saturated heterocycles. The molecule has 0 bridgehead atoms. The van der Waals surface area contributed by atoms with Crippen molar-refractivity contribution in [3.05, 3.63) is 30.3 Å². The molecule has 0 amide bonds. The molecular weight excluding hydrogens is 217 g/mol. The van der Waals surface area contributed by atoms with Crippen molar-refractivity contribution in [3.8, 4) is 0 Å². The molecule has 2 atom stereocenters. The number of alkyl halides is 2. The summed E-state index contributed by atoms with van der Waals surface area (Å²) in [5.74, 6) is 0. The van der Waals surface area contributed by atoms with Crippen LogP contribution in [0, 0.1) is 0 Å². The van der Waals surface area contributed by atoms with E-state index in [1.54, 1.807) is 6.21 Å². The molecule has 1 aromatic carbocycles. The molecule has 0 radical (unpaired) electrons. The molecule has 76 valence electrons. The molecule has 0 N–H and O–H groups in total. The van der Waals surface area contributed by atoms with Gasteiger partial charge in [-0.1, -0.05) is 18.2 Å². The van der Waals surface area contributed by atoms with Gasteiger partial charge in [0.05, 0.1) is 11.1 Å². The van der Waals surface area contributed by atoms with Crippen LogP contribution in [0.4, 0.5) is 5.69 Å². The van der Waals surface area contributed by atoms with Gasteiger partial charge < -0.3 is 0 Å². The molecule has 0 aliphatic heterocycles. The van der Waals surface area contributed by atoms with Crippen molar-refractivity contribution in [3.63, 3.8) is 0 Å². The van der Waals surface area contributed by atoms with Crippen LogP contribution in [0.15, 0.2) is 35.3 Å². The summed E-state index contributed by atoms with van der Waals surface area (Å²) in [5, 5.41) is -0.0116. The van der Waals surface area contributed by atoms with Gasteiger partial charge in [0.1, 0.15) is 0 Å². The predicted molar refractivity (Wildman–Crippen MR) is 64.2 cm³/mol. The van der Waals surface area contributed by atoms with E-state index >= 15 is 0 Å². The number of benzene rings is 1. The second kappa shape index (κ2) is 6.05. The lowest BCUT2D eigenvalue weighted by Crippen LogP contribution is -2.06. The van der Waals surface area contributed by atoms with E-state index in [-0.39, 0.29) is 10.8 Å². The normalized spacial score (nSPS) is 15.6. The van der Waals surface area contributed by atoms with E-state index in [1.807, 2.05) is 37.3 Å². The van der Waals surface area contributed by atoms with Gasteiger partial charge >= 0.3 is 0 Å². The molecule has 0 fully saturated rings. The van der Waals surface area contributed by atoms with Gasteiger partial charge in [-0.2, -0.15) is 0 Å². The van der Waals surface area contributed by atoms with E-state index in [2.05, 4.69) is 4.99 Å². The van der Waals surface area contributed by atoms with Gasteiger partial charge in [-0.3, -0.25) is 4.99 Å². The Hall–Kier alpha value is -0.530. The van der Waals surface area contributed by atoms with Crippen molar-refractivity contribution < 1.29 is 0 Å². The largest absolute Gasteiger partial charge is 0.260 e. The quantitative estimate of drug-likeness (QED) is 0.547.